The molecule has 0 aliphatic heterocycles. The summed E-state index contributed by atoms with van der Waals surface area (Å²) in [6.45, 7) is 4.99. The first kappa shape index (κ1) is 13.6. The zero-order valence-corrected chi connectivity index (χ0v) is 11.3. The predicted octanol–water partition coefficient (Wildman–Crippen LogP) is 2.02. The van der Waals surface area contributed by atoms with E-state index in [9.17, 15) is 5.11 Å². The van der Waals surface area contributed by atoms with Crippen molar-refractivity contribution in [3.8, 4) is 0 Å². The average Bonchev–Trinajstić information content (AvgIpc) is 2.93. The smallest absolute Gasteiger partial charge is 0.160 e. The Bertz CT molecular complexity index is 540. The number of rotatable bonds is 6. The second-order valence-electron chi connectivity index (χ2n) is 4.88. The van der Waals surface area contributed by atoms with Crippen molar-refractivity contribution in [2.45, 2.75) is 26.7 Å². The normalized spacial score (nSPS) is 11.9. The quantitative estimate of drug-likeness (QED) is 0.690. The van der Waals surface area contributed by atoms with Crippen molar-refractivity contribution >= 4 is 22.4 Å². The number of anilines is 2. The largest absolute Gasteiger partial charge is 0.397 e. The Morgan fingerprint density at radius 1 is 1.26 bits per heavy atom. The van der Waals surface area contributed by atoms with Crippen molar-refractivity contribution in [1.82, 2.24) is 10.3 Å². The molecular weight excluding hydrogens is 244 g/mol. The Hall–Kier alpha value is -1.82. The van der Waals surface area contributed by atoms with Crippen LogP contribution in [0.25, 0.3) is 11.0 Å². The number of aromatic nitrogens is 2. The van der Waals surface area contributed by atoms with Crippen LogP contribution in [-0.2, 0) is 0 Å². The molecule has 6 nitrogen and oxygen atoms in total. The van der Waals surface area contributed by atoms with Crippen molar-refractivity contribution in [2.24, 2.45) is 5.41 Å². The Morgan fingerprint density at radius 2 is 1.95 bits per heavy atom. The Kier molecular flexibility index (Phi) is 3.90. The number of fused-ring (bicyclic) bond motifs is 1. The molecule has 0 bridgehead atoms. The van der Waals surface area contributed by atoms with E-state index in [4.69, 9.17) is 10.4 Å². The molecule has 1 aromatic carbocycles. The summed E-state index contributed by atoms with van der Waals surface area (Å²) in [6.07, 6.45) is 1.81. The molecule has 2 aromatic rings. The minimum Gasteiger partial charge on any atom is -0.397 e. The first-order valence-corrected chi connectivity index (χ1v) is 6.51. The molecule has 0 unspecified atom stereocenters. The first-order chi connectivity index (χ1) is 9.15. The molecule has 1 heterocycles. The minimum absolute atomic E-state index is 0.120. The van der Waals surface area contributed by atoms with Crippen LogP contribution in [0.5, 0.6) is 0 Å². The number of hydrogen-bond donors (Lipinski definition) is 3. The molecule has 19 heavy (non-hydrogen) atoms. The van der Waals surface area contributed by atoms with Crippen LogP contribution in [0.1, 0.15) is 26.7 Å². The molecule has 0 amide bonds. The highest BCUT2D eigenvalue weighted by molar-refractivity contribution is 5.94. The summed E-state index contributed by atoms with van der Waals surface area (Å²) < 4.78 is 4.73. The van der Waals surface area contributed by atoms with Gasteiger partial charge < -0.3 is 16.2 Å². The number of aliphatic hydroxyl groups excluding tert-OH is 1. The summed E-state index contributed by atoms with van der Waals surface area (Å²) in [5.41, 5.74) is 8.23. The topological polar surface area (TPSA) is 97.2 Å². The van der Waals surface area contributed by atoms with Crippen LogP contribution in [0.4, 0.5) is 11.4 Å². The van der Waals surface area contributed by atoms with Gasteiger partial charge in [0.1, 0.15) is 0 Å². The first-order valence-electron chi connectivity index (χ1n) is 6.51. The maximum Gasteiger partial charge on any atom is 0.160 e. The third-order valence-corrected chi connectivity index (χ3v) is 3.94. The van der Waals surface area contributed by atoms with E-state index in [1.165, 1.54) is 0 Å². The van der Waals surface area contributed by atoms with Crippen LogP contribution in [0.15, 0.2) is 16.8 Å². The molecule has 0 spiro atoms. The van der Waals surface area contributed by atoms with E-state index in [0.717, 1.165) is 18.5 Å². The van der Waals surface area contributed by atoms with Gasteiger partial charge in [0.25, 0.3) is 0 Å². The lowest BCUT2D eigenvalue weighted by Crippen LogP contribution is -2.32. The van der Waals surface area contributed by atoms with E-state index in [1.807, 2.05) is 6.07 Å². The fourth-order valence-corrected chi connectivity index (χ4v) is 2.09. The van der Waals surface area contributed by atoms with Crippen LogP contribution < -0.4 is 11.1 Å². The summed E-state index contributed by atoms with van der Waals surface area (Å²) in [7, 11) is 0. The van der Waals surface area contributed by atoms with E-state index in [-0.39, 0.29) is 12.0 Å². The van der Waals surface area contributed by atoms with Gasteiger partial charge in [0.2, 0.25) is 0 Å². The standard InChI is InChI=1S/C13H20N4O2/c1-3-13(4-2,8-18)7-15-10-6-5-9(14)11-12(10)17-19-16-11/h5-6,15,18H,3-4,7-8,14H2,1-2H3. The SMILES string of the molecule is CCC(CC)(CO)CNc1ccc(N)c2nonc12. The van der Waals surface area contributed by atoms with Crippen LogP contribution in [-0.4, -0.2) is 28.6 Å². The fourth-order valence-electron chi connectivity index (χ4n) is 2.09. The van der Waals surface area contributed by atoms with Gasteiger partial charge in [-0.15, -0.1) is 0 Å². The van der Waals surface area contributed by atoms with Crippen LogP contribution >= 0.6 is 0 Å². The third kappa shape index (κ3) is 2.49. The van der Waals surface area contributed by atoms with Crippen molar-refractivity contribution < 1.29 is 9.74 Å². The average molecular weight is 264 g/mol. The molecule has 6 heteroatoms. The van der Waals surface area contributed by atoms with Crippen molar-refractivity contribution in [1.29, 1.82) is 0 Å². The van der Waals surface area contributed by atoms with E-state index < -0.39 is 0 Å². The summed E-state index contributed by atoms with van der Waals surface area (Å²) in [4.78, 5) is 0. The number of aliphatic hydroxyl groups is 1. The zero-order chi connectivity index (χ0) is 13.9. The van der Waals surface area contributed by atoms with Gasteiger partial charge in [0.15, 0.2) is 11.0 Å². The summed E-state index contributed by atoms with van der Waals surface area (Å²) in [6, 6.07) is 3.63. The second kappa shape index (κ2) is 5.44. The number of nitrogens with zero attached hydrogens (tertiary/aromatic N) is 2. The summed E-state index contributed by atoms with van der Waals surface area (Å²) in [5, 5.41) is 20.5. The van der Waals surface area contributed by atoms with Gasteiger partial charge in [-0.1, -0.05) is 13.8 Å². The van der Waals surface area contributed by atoms with Gasteiger partial charge in [-0.3, -0.25) is 0 Å². The van der Waals surface area contributed by atoms with Gasteiger partial charge >= 0.3 is 0 Å². The summed E-state index contributed by atoms with van der Waals surface area (Å²) in [5.74, 6) is 0. The molecule has 0 radical (unpaired) electrons. The highest BCUT2D eigenvalue weighted by Gasteiger charge is 2.25. The zero-order valence-electron chi connectivity index (χ0n) is 11.3. The Balaban J connectivity index is 2.22. The monoisotopic (exact) mass is 264 g/mol. The van der Waals surface area contributed by atoms with Crippen molar-refractivity contribution in [3.05, 3.63) is 12.1 Å². The van der Waals surface area contributed by atoms with Gasteiger partial charge in [-0.2, -0.15) is 0 Å². The maximum atomic E-state index is 9.57. The predicted molar refractivity (Wildman–Crippen MR) is 74.8 cm³/mol. The van der Waals surface area contributed by atoms with Crippen molar-refractivity contribution in [2.75, 3.05) is 24.2 Å². The summed E-state index contributed by atoms with van der Waals surface area (Å²) >= 11 is 0. The van der Waals surface area contributed by atoms with E-state index in [2.05, 4.69) is 29.5 Å². The number of benzene rings is 1. The fraction of sp³-hybridized carbons (Fsp3) is 0.538. The van der Waals surface area contributed by atoms with Gasteiger partial charge in [0, 0.05) is 12.0 Å². The van der Waals surface area contributed by atoms with Crippen LogP contribution in [0.2, 0.25) is 0 Å². The van der Waals surface area contributed by atoms with E-state index in [1.54, 1.807) is 6.07 Å². The number of nitrogens with one attached hydrogen (secondary N) is 1. The molecule has 0 saturated carbocycles. The van der Waals surface area contributed by atoms with Crippen molar-refractivity contribution in [3.63, 3.8) is 0 Å². The second-order valence-corrected chi connectivity index (χ2v) is 4.88. The van der Waals surface area contributed by atoms with E-state index in [0.29, 0.717) is 23.3 Å². The molecule has 1 aromatic heterocycles. The van der Waals surface area contributed by atoms with Crippen LogP contribution in [0, 0.1) is 5.41 Å². The molecule has 4 N–H and O–H groups in total. The van der Waals surface area contributed by atoms with Crippen LogP contribution in [0.3, 0.4) is 0 Å². The molecule has 104 valence electrons. The van der Waals surface area contributed by atoms with Gasteiger partial charge in [-0.25, -0.2) is 4.63 Å². The number of nitrogens with two attached hydrogens (primary N) is 1. The number of nitrogen functional groups attached to an aromatic ring is 1. The lowest BCUT2D eigenvalue weighted by molar-refractivity contribution is 0.127. The lowest BCUT2D eigenvalue weighted by atomic mass is 9.83. The molecule has 2 rings (SSSR count). The van der Waals surface area contributed by atoms with E-state index >= 15 is 0 Å². The molecule has 0 aliphatic carbocycles. The molecule has 0 atom stereocenters. The Labute approximate surface area is 111 Å². The minimum atomic E-state index is -0.120. The lowest BCUT2D eigenvalue weighted by Gasteiger charge is -2.30. The highest BCUT2D eigenvalue weighted by Crippen LogP contribution is 2.29. The van der Waals surface area contributed by atoms with Gasteiger partial charge in [0.05, 0.1) is 18.0 Å². The Morgan fingerprint density at radius 3 is 2.58 bits per heavy atom. The number of hydrogen-bond acceptors (Lipinski definition) is 6. The molecule has 0 saturated heterocycles. The van der Waals surface area contributed by atoms with Gasteiger partial charge in [-0.05, 0) is 35.3 Å². The highest BCUT2D eigenvalue weighted by atomic mass is 16.6. The molecular formula is C13H20N4O2. The third-order valence-electron chi connectivity index (χ3n) is 3.94. The molecule has 0 aliphatic rings. The molecule has 0 fully saturated rings. The maximum absolute atomic E-state index is 9.57.